The number of nitrogens with zero attached hydrogens (tertiary/aromatic N) is 2. The molecular weight excluding hydrogens is 570 g/mol. The predicted octanol–water partition coefficient (Wildman–Crippen LogP) is 2.38. The van der Waals surface area contributed by atoms with Crippen molar-refractivity contribution in [3.8, 4) is 0 Å². The van der Waals surface area contributed by atoms with Gasteiger partial charge in [-0.15, -0.1) is 0 Å². The molecule has 5 unspecified atom stereocenters. The third-order valence-electron chi connectivity index (χ3n) is 9.08. The number of fused-ring (bicyclic) bond motifs is 1. The molecule has 1 aliphatic carbocycles. The highest BCUT2D eigenvalue weighted by molar-refractivity contribution is 5.80. The Balaban J connectivity index is 1.98. The summed E-state index contributed by atoms with van der Waals surface area (Å²) in [6.45, 7) is 8.65. The Bertz CT molecular complexity index is 1020. The lowest BCUT2D eigenvalue weighted by Gasteiger charge is -2.31. The molecule has 0 radical (unpaired) electrons. The molecule has 0 heterocycles. The Hall–Kier alpha value is -2.08. The number of hydrogen-bond acceptors (Lipinski definition) is 8. The summed E-state index contributed by atoms with van der Waals surface area (Å²) < 4.78 is 0. The molecule has 1 aromatic rings. The van der Waals surface area contributed by atoms with Crippen LogP contribution < -0.4 is 16.8 Å². The van der Waals surface area contributed by atoms with E-state index in [4.69, 9.17) is 11.5 Å². The molecule has 1 aromatic carbocycles. The number of primary amides is 1. The first kappa shape index (κ1) is 39.1. The maximum absolute atomic E-state index is 12.5. The van der Waals surface area contributed by atoms with Gasteiger partial charge in [-0.1, -0.05) is 45.2 Å². The number of aryl methyl sites for hydroxylation is 1. The standard InChI is InChI=1S/C35H63N5O5/c1-4-6-7-12-21-40(24-32(42)34(44)33(43)31(41)5-2)22-13-20-39-30(35(37)45)23-27-18-17-26(14-10-11-19-38-25(3)36)28-15-8-9-16-29(27)28/h17-18,30-34,39,41-44H,4-16,19-24H2,1-3H3,(H2,36,38)(H2,37,45). The summed E-state index contributed by atoms with van der Waals surface area (Å²) in [4.78, 5) is 18.9. The Morgan fingerprint density at radius 2 is 1.53 bits per heavy atom. The molecule has 10 heteroatoms. The maximum Gasteiger partial charge on any atom is 0.234 e. The van der Waals surface area contributed by atoms with Crippen molar-refractivity contribution in [3.05, 3.63) is 34.4 Å². The van der Waals surface area contributed by atoms with Gasteiger partial charge in [0.05, 0.1) is 24.1 Å². The van der Waals surface area contributed by atoms with Crippen LogP contribution in [0, 0.1) is 0 Å². The summed E-state index contributed by atoms with van der Waals surface area (Å²) in [7, 11) is 0. The van der Waals surface area contributed by atoms with Crippen LogP contribution in [0.25, 0.3) is 0 Å². The van der Waals surface area contributed by atoms with Gasteiger partial charge in [0.2, 0.25) is 5.91 Å². The molecule has 5 atom stereocenters. The van der Waals surface area contributed by atoms with Gasteiger partial charge in [0.25, 0.3) is 0 Å². The van der Waals surface area contributed by atoms with Gasteiger partial charge in [0.1, 0.15) is 12.2 Å². The molecule has 0 saturated carbocycles. The Morgan fingerprint density at radius 3 is 2.18 bits per heavy atom. The molecule has 9 N–H and O–H groups in total. The van der Waals surface area contributed by atoms with E-state index in [-0.39, 0.29) is 18.9 Å². The molecular formula is C35H63N5O5. The van der Waals surface area contributed by atoms with Gasteiger partial charge in [-0.25, -0.2) is 0 Å². The second-order valence-electron chi connectivity index (χ2n) is 12.9. The number of nitrogens with two attached hydrogens (primary N) is 2. The molecule has 1 amide bonds. The van der Waals surface area contributed by atoms with Gasteiger partial charge in [-0.2, -0.15) is 0 Å². The van der Waals surface area contributed by atoms with Crippen molar-refractivity contribution in [1.82, 2.24) is 10.2 Å². The van der Waals surface area contributed by atoms with Crippen molar-refractivity contribution in [2.45, 2.75) is 141 Å². The van der Waals surface area contributed by atoms with Crippen molar-refractivity contribution in [3.63, 3.8) is 0 Å². The second kappa shape index (κ2) is 21.7. The number of aliphatic hydroxyl groups is 4. The fraction of sp³-hybridized carbons (Fsp3) is 0.771. The zero-order chi connectivity index (χ0) is 33.2. The van der Waals surface area contributed by atoms with E-state index in [9.17, 15) is 25.2 Å². The minimum absolute atomic E-state index is 0.193. The Morgan fingerprint density at radius 1 is 0.889 bits per heavy atom. The van der Waals surface area contributed by atoms with Crippen molar-refractivity contribution in [1.29, 1.82) is 0 Å². The summed E-state index contributed by atoms with van der Waals surface area (Å²) in [5.74, 6) is 0.269. The number of amides is 1. The van der Waals surface area contributed by atoms with Crippen LogP contribution in [0.3, 0.4) is 0 Å². The van der Waals surface area contributed by atoms with E-state index in [1.807, 2.05) is 6.92 Å². The van der Waals surface area contributed by atoms with Gasteiger partial charge in [-0.3, -0.25) is 9.79 Å². The first-order valence-corrected chi connectivity index (χ1v) is 17.4. The molecule has 0 saturated heterocycles. The van der Waals surface area contributed by atoms with Crippen LogP contribution >= 0.6 is 0 Å². The zero-order valence-corrected chi connectivity index (χ0v) is 28.2. The first-order chi connectivity index (χ1) is 21.6. The normalized spacial score (nSPS) is 17.1. The molecule has 0 bridgehead atoms. The molecule has 0 aliphatic heterocycles. The summed E-state index contributed by atoms with van der Waals surface area (Å²) in [6.07, 6.45) is 8.36. The Kier molecular flexibility index (Phi) is 18.8. The van der Waals surface area contributed by atoms with Crippen molar-refractivity contribution in [2.75, 3.05) is 32.7 Å². The number of carbonyl (C=O) groups is 1. The van der Waals surface area contributed by atoms with Gasteiger partial charge in [0.15, 0.2) is 0 Å². The summed E-state index contributed by atoms with van der Waals surface area (Å²) in [5.41, 5.74) is 17.0. The molecule has 2 rings (SSSR count). The lowest BCUT2D eigenvalue weighted by Crippen LogP contribution is -2.49. The second-order valence-corrected chi connectivity index (χ2v) is 12.9. The lowest BCUT2D eigenvalue weighted by molar-refractivity contribution is -0.120. The van der Waals surface area contributed by atoms with Crippen LogP contribution in [-0.4, -0.2) is 100 Å². The smallest absolute Gasteiger partial charge is 0.234 e. The highest BCUT2D eigenvalue weighted by atomic mass is 16.4. The summed E-state index contributed by atoms with van der Waals surface area (Å²) in [5, 5.41) is 44.6. The molecule has 45 heavy (non-hydrogen) atoms. The molecule has 0 spiro atoms. The van der Waals surface area contributed by atoms with Gasteiger partial charge >= 0.3 is 0 Å². The van der Waals surface area contributed by atoms with Crippen LogP contribution in [0.5, 0.6) is 0 Å². The minimum atomic E-state index is -1.43. The molecule has 10 nitrogen and oxygen atoms in total. The van der Waals surface area contributed by atoms with Gasteiger partial charge in [0, 0.05) is 13.1 Å². The number of aliphatic imine (C=N–C) groups is 1. The number of carbonyl (C=O) groups excluding carboxylic acids is 1. The summed E-state index contributed by atoms with van der Waals surface area (Å²) >= 11 is 0. The van der Waals surface area contributed by atoms with Crippen LogP contribution in [0.4, 0.5) is 0 Å². The average molecular weight is 634 g/mol. The van der Waals surface area contributed by atoms with E-state index in [2.05, 4.69) is 34.3 Å². The highest BCUT2D eigenvalue weighted by Crippen LogP contribution is 2.29. The van der Waals surface area contributed by atoms with Crippen molar-refractivity contribution < 1.29 is 25.2 Å². The monoisotopic (exact) mass is 633 g/mol. The van der Waals surface area contributed by atoms with E-state index >= 15 is 0 Å². The maximum atomic E-state index is 12.5. The van der Waals surface area contributed by atoms with Crippen LogP contribution in [-0.2, 0) is 30.5 Å². The fourth-order valence-electron chi connectivity index (χ4n) is 6.32. The third-order valence-corrected chi connectivity index (χ3v) is 9.08. The van der Waals surface area contributed by atoms with Crippen molar-refractivity contribution >= 4 is 11.7 Å². The van der Waals surface area contributed by atoms with Crippen LogP contribution in [0.2, 0.25) is 0 Å². The largest absolute Gasteiger partial charge is 0.390 e. The molecule has 0 aromatic heterocycles. The SMILES string of the molecule is CCCCCCN(CCCNC(Cc1ccc(CCCCN=C(C)N)c2c1CCCC2)C(N)=O)CC(O)C(O)C(O)C(O)CC. The first-order valence-electron chi connectivity index (χ1n) is 17.4. The Labute approximate surface area is 271 Å². The number of unbranched alkanes of at least 4 members (excludes halogenated alkanes) is 4. The molecule has 258 valence electrons. The minimum Gasteiger partial charge on any atom is -0.390 e. The van der Waals surface area contributed by atoms with Crippen LogP contribution in [0.1, 0.15) is 107 Å². The number of nitrogens with one attached hydrogen (secondary N) is 1. The van der Waals surface area contributed by atoms with Gasteiger partial charge < -0.3 is 42.1 Å². The van der Waals surface area contributed by atoms with E-state index in [0.717, 1.165) is 83.7 Å². The number of aliphatic hydroxyl groups excluding tert-OH is 4. The summed E-state index contributed by atoms with van der Waals surface area (Å²) in [6, 6.07) is 3.95. The molecule has 1 aliphatic rings. The van der Waals surface area contributed by atoms with E-state index in [1.54, 1.807) is 6.92 Å². The third kappa shape index (κ3) is 14.1. The predicted molar refractivity (Wildman–Crippen MR) is 182 cm³/mol. The van der Waals surface area contributed by atoms with E-state index < -0.39 is 30.5 Å². The number of amidine groups is 1. The quantitative estimate of drug-likeness (QED) is 0.0515. The highest BCUT2D eigenvalue weighted by Gasteiger charge is 2.30. The number of rotatable bonds is 24. The number of benzene rings is 1. The van der Waals surface area contributed by atoms with E-state index in [0.29, 0.717) is 25.3 Å². The van der Waals surface area contributed by atoms with Crippen LogP contribution in [0.15, 0.2) is 17.1 Å². The number of hydrogen-bond donors (Lipinski definition) is 7. The van der Waals surface area contributed by atoms with E-state index in [1.165, 1.54) is 28.7 Å². The fourth-order valence-corrected chi connectivity index (χ4v) is 6.32. The topological polar surface area (TPSA) is 178 Å². The van der Waals surface area contributed by atoms with Gasteiger partial charge in [-0.05, 0) is 119 Å². The lowest BCUT2D eigenvalue weighted by atomic mass is 9.82. The van der Waals surface area contributed by atoms with Crippen molar-refractivity contribution in [2.24, 2.45) is 16.5 Å². The zero-order valence-electron chi connectivity index (χ0n) is 28.2. The molecule has 0 fully saturated rings. The average Bonchev–Trinajstić information content (AvgIpc) is 3.03.